The van der Waals surface area contributed by atoms with Crippen LogP contribution in [0.1, 0.15) is 32.3 Å². The minimum absolute atomic E-state index is 0.247. The Morgan fingerprint density at radius 2 is 2.09 bits per heavy atom. The Morgan fingerprint density at radius 1 is 1.41 bits per heavy atom. The highest BCUT2D eigenvalue weighted by molar-refractivity contribution is 5.89. The second kappa shape index (κ2) is 7.58. The van der Waals surface area contributed by atoms with Gasteiger partial charge >= 0.3 is 6.03 Å². The van der Waals surface area contributed by atoms with E-state index in [1.165, 1.54) is 18.9 Å². The molecule has 0 saturated carbocycles. The summed E-state index contributed by atoms with van der Waals surface area (Å²) in [5, 5.41) is 5.63. The fraction of sp³-hybridized carbons (Fsp3) is 0.588. The van der Waals surface area contributed by atoms with Gasteiger partial charge in [-0.05, 0) is 69.5 Å². The largest absolute Gasteiger partial charge is 0.336 e. The highest BCUT2D eigenvalue weighted by Gasteiger charge is 2.20. The molecule has 122 valence electrons. The molecule has 1 unspecified atom stereocenters. The number of carbonyl (C=O) groups excluding carboxylic acids is 1. The lowest BCUT2D eigenvalue weighted by molar-refractivity contribution is 0.146. The van der Waals surface area contributed by atoms with E-state index in [1.54, 1.807) is 19.1 Å². The number of piperidine rings is 1. The molecule has 0 bridgehead atoms. The molecule has 1 heterocycles. The van der Waals surface area contributed by atoms with E-state index in [9.17, 15) is 9.18 Å². The van der Waals surface area contributed by atoms with E-state index in [0.717, 1.165) is 19.0 Å². The summed E-state index contributed by atoms with van der Waals surface area (Å²) in [6, 6.07) is 4.64. The molecule has 0 spiro atoms. The number of anilines is 1. The molecule has 2 amide bonds. The standard InChI is InChI=1S/C17H26FN3O/c1-12-6-8-21(9-7-12)14(3)11-19-17(22)20-15-4-5-16(18)13(2)10-15/h4-5,10,12,14H,6-9,11H2,1-3H3,(H2,19,20,22). The number of aryl methyl sites for hydroxylation is 1. The lowest BCUT2D eigenvalue weighted by Crippen LogP contribution is -2.46. The van der Waals surface area contributed by atoms with E-state index in [4.69, 9.17) is 0 Å². The van der Waals surface area contributed by atoms with Crippen LogP contribution < -0.4 is 10.6 Å². The van der Waals surface area contributed by atoms with Crippen LogP contribution in [0.15, 0.2) is 18.2 Å². The lowest BCUT2D eigenvalue weighted by Gasteiger charge is -2.34. The number of carbonyl (C=O) groups is 1. The predicted molar refractivity (Wildman–Crippen MR) is 87.6 cm³/mol. The van der Waals surface area contributed by atoms with Crippen molar-refractivity contribution in [3.8, 4) is 0 Å². The van der Waals surface area contributed by atoms with Crippen molar-refractivity contribution in [2.24, 2.45) is 5.92 Å². The summed E-state index contributed by atoms with van der Waals surface area (Å²) < 4.78 is 13.2. The molecule has 1 aromatic rings. The van der Waals surface area contributed by atoms with Crippen molar-refractivity contribution in [1.29, 1.82) is 0 Å². The van der Waals surface area contributed by atoms with Crippen molar-refractivity contribution in [1.82, 2.24) is 10.2 Å². The van der Waals surface area contributed by atoms with Gasteiger partial charge in [0, 0.05) is 18.3 Å². The zero-order valence-electron chi connectivity index (χ0n) is 13.7. The molecular formula is C17H26FN3O. The van der Waals surface area contributed by atoms with Crippen molar-refractivity contribution < 1.29 is 9.18 Å². The zero-order valence-corrected chi connectivity index (χ0v) is 13.7. The average Bonchev–Trinajstić information content (AvgIpc) is 2.49. The van der Waals surface area contributed by atoms with Crippen LogP contribution in [0.4, 0.5) is 14.9 Å². The molecule has 1 saturated heterocycles. The molecule has 1 atom stereocenters. The quantitative estimate of drug-likeness (QED) is 0.895. The van der Waals surface area contributed by atoms with Crippen LogP contribution in [-0.4, -0.2) is 36.6 Å². The Kier molecular flexibility index (Phi) is 5.77. The topological polar surface area (TPSA) is 44.4 Å². The summed E-state index contributed by atoms with van der Waals surface area (Å²) in [6.07, 6.45) is 2.46. The fourth-order valence-corrected chi connectivity index (χ4v) is 2.74. The highest BCUT2D eigenvalue weighted by atomic mass is 19.1. The molecule has 1 aromatic carbocycles. The first-order valence-corrected chi connectivity index (χ1v) is 8.00. The fourth-order valence-electron chi connectivity index (χ4n) is 2.74. The number of hydrogen-bond donors (Lipinski definition) is 2. The van der Waals surface area contributed by atoms with E-state index in [2.05, 4.69) is 29.4 Å². The number of benzene rings is 1. The molecule has 1 aliphatic heterocycles. The predicted octanol–water partition coefficient (Wildman–Crippen LogP) is 3.38. The van der Waals surface area contributed by atoms with Crippen LogP contribution >= 0.6 is 0 Å². The third-order valence-electron chi connectivity index (χ3n) is 4.42. The minimum Gasteiger partial charge on any atom is -0.336 e. The molecule has 5 heteroatoms. The summed E-state index contributed by atoms with van der Waals surface area (Å²) >= 11 is 0. The number of halogens is 1. The second-order valence-electron chi connectivity index (χ2n) is 6.37. The summed E-state index contributed by atoms with van der Waals surface area (Å²) in [4.78, 5) is 14.3. The van der Waals surface area contributed by atoms with Crippen LogP contribution in [0, 0.1) is 18.7 Å². The van der Waals surface area contributed by atoms with Crippen LogP contribution in [0.25, 0.3) is 0 Å². The molecule has 0 aliphatic carbocycles. The van der Waals surface area contributed by atoms with Gasteiger partial charge in [-0.15, -0.1) is 0 Å². The first kappa shape index (κ1) is 16.7. The van der Waals surface area contributed by atoms with Crippen LogP contribution in [0.5, 0.6) is 0 Å². The van der Waals surface area contributed by atoms with Crippen molar-refractivity contribution >= 4 is 11.7 Å². The zero-order chi connectivity index (χ0) is 16.1. The Bertz CT molecular complexity index is 513. The van der Waals surface area contributed by atoms with Crippen LogP contribution in [-0.2, 0) is 0 Å². The third kappa shape index (κ3) is 4.70. The Hall–Kier alpha value is -1.62. The van der Waals surface area contributed by atoms with Crippen molar-refractivity contribution in [3.05, 3.63) is 29.6 Å². The highest BCUT2D eigenvalue weighted by Crippen LogP contribution is 2.17. The molecule has 1 aliphatic rings. The number of urea groups is 1. The van der Waals surface area contributed by atoms with Crippen molar-refractivity contribution in [2.45, 2.75) is 39.7 Å². The normalized spacial score (nSPS) is 18.0. The minimum atomic E-state index is -0.265. The molecule has 0 aromatic heterocycles. The molecule has 2 N–H and O–H groups in total. The first-order valence-electron chi connectivity index (χ1n) is 8.00. The van der Waals surface area contributed by atoms with Crippen LogP contribution in [0.3, 0.4) is 0 Å². The summed E-state index contributed by atoms with van der Waals surface area (Å²) in [7, 11) is 0. The molecule has 22 heavy (non-hydrogen) atoms. The van der Waals surface area contributed by atoms with Crippen molar-refractivity contribution in [2.75, 3.05) is 25.0 Å². The number of likely N-dealkylation sites (tertiary alicyclic amines) is 1. The van der Waals surface area contributed by atoms with Gasteiger partial charge in [-0.3, -0.25) is 4.90 Å². The number of rotatable bonds is 4. The van der Waals surface area contributed by atoms with Crippen molar-refractivity contribution in [3.63, 3.8) is 0 Å². The van der Waals surface area contributed by atoms with E-state index in [0.29, 0.717) is 23.8 Å². The van der Waals surface area contributed by atoms with Gasteiger partial charge in [0.2, 0.25) is 0 Å². The van der Waals surface area contributed by atoms with Gasteiger partial charge in [0.25, 0.3) is 0 Å². The van der Waals surface area contributed by atoms with E-state index < -0.39 is 0 Å². The average molecular weight is 307 g/mol. The Labute approximate surface area is 132 Å². The summed E-state index contributed by atoms with van der Waals surface area (Å²) in [6.45, 7) is 8.92. The van der Waals surface area contributed by atoms with Crippen LogP contribution in [0.2, 0.25) is 0 Å². The lowest BCUT2D eigenvalue weighted by atomic mass is 9.98. The SMILES string of the molecule is Cc1cc(NC(=O)NCC(C)N2CCC(C)CC2)ccc1F. The summed E-state index contributed by atoms with van der Waals surface area (Å²) in [5.41, 5.74) is 1.13. The number of amides is 2. The van der Waals surface area contributed by atoms with Gasteiger partial charge in [0.15, 0.2) is 0 Å². The van der Waals surface area contributed by atoms with E-state index in [1.807, 2.05) is 0 Å². The number of nitrogens with zero attached hydrogens (tertiary/aromatic N) is 1. The van der Waals surface area contributed by atoms with Gasteiger partial charge in [-0.1, -0.05) is 6.92 Å². The summed E-state index contributed by atoms with van der Waals surface area (Å²) in [5.74, 6) is 0.542. The van der Waals surface area contributed by atoms with Gasteiger partial charge in [0.05, 0.1) is 0 Å². The van der Waals surface area contributed by atoms with E-state index >= 15 is 0 Å². The molecular weight excluding hydrogens is 281 g/mol. The second-order valence-corrected chi connectivity index (χ2v) is 6.37. The van der Waals surface area contributed by atoms with Gasteiger partial charge in [-0.2, -0.15) is 0 Å². The Morgan fingerprint density at radius 3 is 2.73 bits per heavy atom. The maximum Gasteiger partial charge on any atom is 0.319 e. The van der Waals surface area contributed by atoms with Gasteiger partial charge in [-0.25, -0.2) is 9.18 Å². The number of nitrogens with one attached hydrogen (secondary N) is 2. The Balaban J connectivity index is 1.76. The first-order chi connectivity index (χ1) is 10.5. The van der Waals surface area contributed by atoms with E-state index in [-0.39, 0.29) is 11.8 Å². The molecule has 1 fully saturated rings. The maximum atomic E-state index is 13.2. The van der Waals surface area contributed by atoms with Gasteiger partial charge < -0.3 is 10.6 Å². The monoisotopic (exact) mass is 307 g/mol. The number of hydrogen-bond acceptors (Lipinski definition) is 2. The molecule has 4 nitrogen and oxygen atoms in total. The van der Waals surface area contributed by atoms with Gasteiger partial charge in [0.1, 0.15) is 5.82 Å². The maximum absolute atomic E-state index is 13.2. The molecule has 0 radical (unpaired) electrons. The smallest absolute Gasteiger partial charge is 0.319 e. The molecule has 2 rings (SSSR count). The third-order valence-corrected chi connectivity index (χ3v) is 4.42.